The number of urea groups is 2. The first-order chi connectivity index (χ1) is 5.95. The zero-order valence-corrected chi connectivity index (χ0v) is 7.77. The molecule has 0 bridgehead atoms. The fraction of sp³-hybridized carbons (Fsp3) is 0.571. The summed E-state index contributed by atoms with van der Waals surface area (Å²) in [4.78, 5) is 36.8. The van der Waals surface area contributed by atoms with Gasteiger partial charge in [0.05, 0.1) is 0 Å². The molecule has 13 heavy (non-hydrogen) atoms. The van der Waals surface area contributed by atoms with Gasteiger partial charge in [0.15, 0.2) is 0 Å². The van der Waals surface area contributed by atoms with Crippen molar-refractivity contribution in [3.05, 3.63) is 0 Å². The maximum absolute atomic E-state index is 11.3. The number of amides is 5. The molecule has 1 fully saturated rings. The Morgan fingerprint density at radius 3 is 2.00 bits per heavy atom. The Morgan fingerprint density at radius 1 is 0.923 bits per heavy atom. The van der Waals surface area contributed by atoms with Crippen molar-refractivity contribution in [1.82, 2.24) is 14.7 Å². The van der Waals surface area contributed by atoms with Crippen molar-refractivity contribution in [2.24, 2.45) is 0 Å². The Hall–Kier alpha value is -1.59. The van der Waals surface area contributed by atoms with Crippen LogP contribution < -0.4 is 0 Å². The first-order valence-corrected chi connectivity index (χ1v) is 3.74. The molecule has 1 aliphatic heterocycles. The van der Waals surface area contributed by atoms with Crippen molar-refractivity contribution < 1.29 is 14.4 Å². The first-order valence-electron chi connectivity index (χ1n) is 3.74. The Bertz CT molecular complexity index is 276. The van der Waals surface area contributed by atoms with E-state index >= 15 is 0 Å². The van der Waals surface area contributed by atoms with Gasteiger partial charge in [0.1, 0.15) is 6.54 Å². The van der Waals surface area contributed by atoms with E-state index in [2.05, 4.69) is 0 Å². The lowest BCUT2D eigenvalue weighted by Gasteiger charge is -2.18. The maximum atomic E-state index is 11.3. The Morgan fingerprint density at radius 2 is 1.46 bits per heavy atom. The van der Waals surface area contributed by atoms with Crippen molar-refractivity contribution in [3.63, 3.8) is 0 Å². The molecule has 0 spiro atoms. The number of hydrogen-bond acceptors (Lipinski definition) is 3. The van der Waals surface area contributed by atoms with E-state index in [1.54, 1.807) is 0 Å². The molecule has 1 saturated heterocycles. The second-order valence-corrected chi connectivity index (χ2v) is 2.93. The van der Waals surface area contributed by atoms with Gasteiger partial charge in [-0.25, -0.2) is 14.5 Å². The number of nitrogens with zero attached hydrogens (tertiary/aromatic N) is 3. The highest BCUT2D eigenvalue weighted by Gasteiger charge is 2.32. The molecule has 0 radical (unpaired) electrons. The van der Waals surface area contributed by atoms with Crippen LogP contribution >= 0.6 is 0 Å². The molecule has 0 atom stereocenters. The van der Waals surface area contributed by atoms with E-state index in [1.807, 2.05) is 0 Å². The molecular weight excluding hydrogens is 174 g/mol. The number of carbonyl (C=O) groups excluding carboxylic acids is 3. The second kappa shape index (κ2) is 3.04. The van der Waals surface area contributed by atoms with E-state index in [9.17, 15) is 14.4 Å². The molecule has 1 rings (SSSR count). The summed E-state index contributed by atoms with van der Waals surface area (Å²) in [5.74, 6) is -0.384. The summed E-state index contributed by atoms with van der Waals surface area (Å²) < 4.78 is 0. The van der Waals surface area contributed by atoms with E-state index in [0.717, 1.165) is 9.80 Å². The standard InChI is InChI=1S/C7H11N3O3/c1-8-4-5(11)9(2)7(13)10(3)6(8)12/h4H2,1-3H3. The van der Waals surface area contributed by atoms with E-state index < -0.39 is 12.1 Å². The average molecular weight is 185 g/mol. The third-order valence-electron chi connectivity index (χ3n) is 1.93. The largest absolute Gasteiger partial charge is 0.334 e. The van der Waals surface area contributed by atoms with E-state index in [-0.39, 0.29) is 12.5 Å². The summed E-state index contributed by atoms with van der Waals surface area (Å²) in [5.41, 5.74) is 0. The van der Waals surface area contributed by atoms with E-state index in [1.165, 1.54) is 26.0 Å². The molecule has 5 amide bonds. The fourth-order valence-electron chi connectivity index (χ4n) is 1.05. The number of likely N-dealkylation sites (N-methyl/N-ethyl adjacent to an activating group) is 2. The highest BCUT2D eigenvalue weighted by atomic mass is 16.2. The molecule has 0 saturated carbocycles. The Balaban J connectivity index is 2.99. The smallest absolute Gasteiger partial charge is 0.318 e. The maximum Gasteiger partial charge on any atom is 0.334 e. The minimum atomic E-state index is -0.598. The summed E-state index contributed by atoms with van der Waals surface area (Å²) in [5, 5.41) is 0. The van der Waals surface area contributed by atoms with Gasteiger partial charge < -0.3 is 4.90 Å². The van der Waals surface area contributed by atoms with Gasteiger partial charge in [-0.05, 0) is 0 Å². The van der Waals surface area contributed by atoms with Gasteiger partial charge in [0, 0.05) is 21.1 Å². The van der Waals surface area contributed by atoms with Crippen molar-refractivity contribution in [1.29, 1.82) is 0 Å². The van der Waals surface area contributed by atoms with Crippen LogP contribution in [0, 0.1) is 0 Å². The van der Waals surface area contributed by atoms with Gasteiger partial charge in [-0.3, -0.25) is 9.69 Å². The lowest BCUT2D eigenvalue weighted by Crippen LogP contribution is -2.42. The van der Waals surface area contributed by atoms with Gasteiger partial charge in [0.2, 0.25) is 5.91 Å². The van der Waals surface area contributed by atoms with E-state index in [4.69, 9.17) is 0 Å². The molecule has 6 nitrogen and oxygen atoms in total. The fourth-order valence-corrected chi connectivity index (χ4v) is 1.05. The van der Waals surface area contributed by atoms with Crippen LogP contribution in [0.25, 0.3) is 0 Å². The number of carbonyl (C=O) groups is 3. The van der Waals surface area contributed by atoms with Gasteiger partial charge in [-0.2, -0.15) is 0 Å². The minimum Gasteiger partial charge on any atom is -0.318 e. The SMILES string of the molecule is CN1CC(=O)N(C)C(=O)N(C)C1=O. The summed E-state index contributed by atoms with van der Waals surface area (Å²) in [6, 6.07) is -1.07. The molecule has 0 aromatic rings. The summed E-state index contributed by atoms with van der Waals surface area (Å²) in [6.07, 6.45) is 0. The number of imide groups is 2. The van der Waals surface area contributed by atoms with Crippen LogP contribution in [0.2, 0.25) is 0 Å². The second-order valence-electron chi connectivity index (χ2n) is 2.93. The molecule has 0 aromatic heterocycles. The molecule has 0 N–H and O–H groups in total. The lowest BCUT2D eigenvalue weighted by molar-refractivity contribution is -0.127. The third-order valence-corrected chi connectivity index (χ3v) is 1.93. The third kappa shape index (κ3) is 1.47. The summed E-state index contributed by atoms with van der Waals surface area (Å²) >= 11 is 0. The van der Waals surface area contributed by atoms with Crippen LogP contribution in [0.3, 0.4) is 0 Å². The van der Waals surface area contributed by atoms with Crippen LogP contribution in [0.5, 0.6) is 0 Å². The number of hydrogen-bond donors (Lipinski definition) is 0. The molecule has 0 aliphatic carbocycles. The lowest BCUT2D eigenvalue weighted by atomic mass is 10.5. The number of rotatable bonds is 0. The van der Waals surface area contributed by atoms with Crippen molar-refractivity contribution >= 4 is 18.0 Å². The summed E-state index contributed by atoms with van der Waals surface area (Å²) in [7, 11) is 4.17. The van der Waals surface area contributed by atoms with Crippen molar-refractivity contribution in [2.45, 2.75) is 0 Å². The normalized spacial score (nSPS) is 19.6. The average Bonchev–Trinajstić information content (AvgIpc) is 2.15. The zero-order chi connectivity index (χ0) is 10.2. The molecule has 6 heteroatoms. The van der Waals surface area contributed by atoms with Crippen molar-refractivity contribution in [2.75, 3.05) is 27.7 Å². The molecule has 0 unspecified atom stereocenters. The Labute approximate surface area is 75.7 Å². The van der Waals surface area contributed by atoms with Crippen LogP contribution in [0.1, 0.15) is 0 Å². The molecular formula is C7H11N3O3. The highest BCUT2D eigenvalue weighted by molar-refractivity contribution is 6.05. The van der Waals surface area contributed by atoms with Gasteiger partial charge >= 0.3 is 12.1 Å². The van der Waals surface area contributed by atoms with Gasteiger partial charge in [0.25, 0.3) is 0 Å². The highest BCUT2D eigenvalue weighted by Crippen LogP contribution is 2.05. The van der Waals surface area contributed by atoms with E-state index in [0.29, 0.717) is 0 Å². The van der Waals surface area contributed by atoms with Crippen LogP contribution in [0.15, 0.2) is 0 Å². The predicted octanol–water partition coefficient (Wildman–Crippen LogP) is -0.438. The molecule has 1 heterocycles. The molecule has 72 valence electrons. The van der Waals surface area contributed by atoms with Gasteiger partial charge in [-0.1, -0.05) is 0 Å². The molecule has 0 aromatic carbocycles. The first kappa shape index (κ1) is 9.50. The van der Waals surface area contributed by atoms with Crippen LogP contribution in [-0.4, -0.2) is 60.4 Å². The van der Waals surface area contributed by atoms with Crippen molar-refractivity contribution in [3.8, 4) is 0 Å². The van der Waals surface area contributed by atoms with Crippen LogP contribution in [0.4, 0.5) is 9.59 Å². The zero-order valence-electron chi connectivity index (χ0n) is 7.77. The Kier molecular flexibility index (Phi) is 2.22. The molecule has 1 aliphatic rings. The predicted molar refractivity (Wildman–Crippen MR) is 44.0 cm³/mol. The summed E-state index contributed by atoms with van der Waals surface area (Å²) in [6.45, 7) is -0.0641. The topological polar surface area (TPSA) is 60.9 Å². The van der Waals surface area contributed by atoms with Crippen LogP contribution in [-0.2, 0) is 4.79 Å². The monoisotopic (exact) mass is 185 g/mol. The minimum absolute atomic E-state index is 0.0641. The quantitative estimate of drug-likeness (QED) is 0.514. The van der Waals surface area contributed by atoms with Gasteiger partial charge in [-0.15, -0.1) is 0 Å².